The highest BCUT2D eigenvalue weighted by Gasteiger charge is 2.18. The van der Waals surface area contributed by atoms with Crippen molar-refractivity contribution in [3.05, 3.63) is 35.9 Å². The molecule has 1 aromatic heterocycles. The number of hydrogen-bond acceptors (Lipinski definition) is 5. The molecule has 1 aliphatic rings. The second kappa shape index (κ2) is 8.33. The maximum atomic E-state index is 12.9. The number of nitrogens with one attached hydrogen (secondary N) is 1. The number of halogens is 1. The number of thioether (sulfide) groups is 1. The lowest BCUT2D eigenvalue weighted by atomic mass is 10.1. The molecule has 25 heavy (non-hydrogen) atoms. The summed E-state index contributed by atoms with van der Waals surface area (Å²) in [5.41, 5.74) is 0.818. The third kappa shape index (κ3) is 4.72. The standard InChI is InChI=1S/C17H22FN5OS/c1-22-15(11-19-14-7-5-13(18)6-8-14)20-21-17(22)25-12-16(24)23-9-3-2-4-10-23/h5-8,19H,2-4,9-12H2,1H3. The van der Waals surface area contributed by atoms with Crippen molar-refractivity contribution >= 4 is 23.4 Å². The van der Waals surface area contributed by atoms with Gasteiger partial charge in [-0.05, 0) is 43.5 Å². The molecule has 0 aliphatic carbocycles. The Hall–Kier alpha value is -2.09. The van der Waals surface area contributed by atoms with E-state index in [1.165, 1.54) is 30.3 Å². The summed E-state index contributed by atoms with van der Waals surface area (Å²) in [6.45, 7) is 2.21. The number of nitrogens with zero attached hydrogens (tertiary/aromatic N) is 4. The summed E-state index contributed by atoms with van der Waals surface area (Å²) < 4.78 is 14.8. The van der Waals surface area contributed by atoms with E-state index in [2.05, 4.69) is 15.5 Å². The molecule has 3 rings (SSSR count). The summed E-state index contributed by atoms with van der Waals surface area (Å²) in [4.78, 5) is 14.2. The van der Waals surface area contributed by atoms with Crippen molar-refractivity contribution in [2.75, 3.05) is 24.2 Å². The summed E-state index contributed by atoms with van der Waals surface area (Å²) in [7, 11) is 1.88. The Morgan fingerprint density at radius 2 is 1.92 bits per heavy atom. The summed E-state index contributed by atoms with van der Waals surface area (Å²) in [6.07, 6.45) is 3.41. The fourth-order valence-electron chi connectivity index (χ4n) is 2.73. The van der Waals surface area contributed by atoms with E-state index in [0.29, 0.717) is 12.3 Å². The summed E-state index contributed by atoms with van der Waals surface area (Å²) in [6, 6.07) is 6.18. The van der Waals surface area contributed by atoms with Gasteiger partial charge in [0, 0.05) is 25.8 Å². The zero-order valence-electron chi connectivity index (χ0n) is 14.2. The number of amides is 1. The monoisotopic (exact) mass is 363 g/mol. The molecule has 1 N–H and O–H groups in total. The smallest absolute Gasteiger partial charge is 0.233 e. The van der Waals surface area contributed by atoms with Gasteiger partial charge in [-0.15, -0.1) is 10.2 Å². The van der Waals surface area contributed by atoms with Crippen LogP contribution >= 0.6 is 11.8 Å². The van der Waals surface area contributed by atoms with E-state index in [0.717, 1.165) is 42.6 Å². The van der Waals surface area contributed by atoms with Crippen LogP contribution in [0.25, 0.3) is 0 Å². The van der Waals surface area contributed by atoms with Crippen LogP contribution in [-0.4, -0.2) is 44.4 Å². The Morgan fingerprint density at radius 3 is 2.64 bits per heavy atom. The van der Waals surface area contributed by atoms with Crippen molar-refractivity contribution < 1.29 is 9.18 Å². The lowest BCUT2D eigenvalue weighted by Crippen LogP contribution is -2.36. The number of benzene rings is 1. The Kier molecular flexibility index (Phi) is 5.91. The Morgan fingerprint density at radius 1 is 1.20 bits per heavy atom. The van der Waals surface area contributed by atoms with E-state index in [9.17, 15) is 9.18 Å². The predicted octanol–water partition coefficient (Wildman–Crippen LogP) is 2.67. The topological polar surface area (TPSA) is 63.1 Å². The van der Waals surface area contributed by atoms with Crippen LogP contribution in [0.4, 0.5) is 10.1 Å². The number of carbonyl (C=O) groups is 1. The maximum absolute atomic E-state index is 12.9. The first-order chi connectivity index (χ1) is 12.1. The van der Waals surface area contributed by atoms with Crippen molar-refractivity contribution in [3.8, 4) is 0 Å². The second-order valence-corrected chi connectivity index (χ2v) is 6.99. The number of aromatic nitrogens is 3. The van der Waals surface area contributed by atoms with Crippen LogP contribution in [0.5, 0.6) is 0 Å². The molecule has 8 heteroatoms. The van der Waals surface area contributed by atoms with E-state index in [-0.39, 0.29) is 11.7 Å². The normalized spacial score (nSPS) is 14.6. The van der Waals surface area contributed by atoms with Crippen LogP contribution in [0.1, 0.15) is 25.1 Å². The molecule has 6 nitrogen and oxygen atoms in total. The molecule has 2 aromatic rings. The molecule has 0 saturated carbocycles. The quantitative estimate of drug-likeness (QED) is 0.800. The number of piperidine rings is 1. The number of carbonyl (C=O) groups excluding carboxylic acids is 1. The van der Waals surface area contributed by atoms with Gasteiger partial charge in [0.1, 0.15) is 5.82 Å². The van der Waals surface area contributed by atoms with E-state index >= 15 is 0 Å². The average molecular weight is 363 g/mol. The summed E-state index contributed by atoms with van der Waals surface area (Å²) >= 11 is 1.41. The number of anilines is 1. The Labute approximate surface area is 150 Å². The average Bonchev–Trinajstić information content (AvgIpc) is 3.00. The van der Waals surface area contributed by atoms with Crippen molar-refractivity contribution in [2.24, 2.45) is 7.05 Å². The van der Waals surface area contributed by atoms with Gasteiger partial charge in [0.25, 0.3) is 0 Å². The first-order valence-electron chi connectivity index (χ1n) is 8.42. The molecule has 1 fully saturated rings. The molecule has 1 saturated heterocycles. The van der Waals surface area contributed by atoms with Crippen LogP contribution in [-0.2, 0) is 18.4 Å². The molecule has 1 aromatic carbocycles. The van der Waals surface area contributed by atoms with Crippen molar-refractivity contribution in [3.63, 3.8) is 0 Å². The van der Waals surface area contributed by atoms with Gasteiger partial charge in [-0.2, -0.15) is 0 Å². The van der Waals surface area contributed by atoms with E-state index in [1.807, 2.05) is 16.5 Å². The molecule has 0 atom stereocenters. The molecule has 1 amide bonds. The second-order valence-electron chi connectivity index (χ2n) is 6.05. The molecule has 0 bridgehead atoms. The number of hydrogen-bond donors (Lipinski definition) is 1. The van der Waals surface area contributed by atoms with Gasteiger partial charge in [-0.3, -0.25) is 4.79 Å². The number of rotatable bonds is 6. The molecular weight excluding hydrogens is 341 g/mol. The highest BCUT2D eigenvalue weighted by Crippen LogP contribution is 2.18. The minimum Gasteiger partial charge on any atom is -0.378 e. The van der Waals surface area contributed by atoms with Gasteiger partial charge in [0.05, 0.1) is 12.3 Å². The molecule has 134 valence electrons. The van der Waals surface area contributed by atoms with Gasteiger partial charge in [-0.1, -0.05) is 11.8 Å². The maximum Gasteiger partial charge on any atom is 0.233 e. The number of likely N-dealkylation sites (tertiary alicyclic amines) is 1. The van der Waals surface area contributed by atoms with Crippen molar-refractivity contribution in [1.82, 2.24) is 19.7 Å². The third-order valence-corrected chi connectivity index (χ3v) is 5.26. The predicted molar refractivity (Wildman–Crippen MR) is 95.9 cm³/mol. The highest BCUT2D eigenvalue weighted by atomic mass is 32.2. The van der Waals surface area contributed by atoms with Crippen LogP contribution in [0, 0.1) is 5.82 Å². The van der Waals surface area contributed by atoms with E-state index in [4.69, 9.17) is 0 Å². The zero-order valence-corrected chi connectivity index (χ0v) is 15.1. The lowest BCUT2D eigenvalue weighted by Gasteiger charge is -2.26. The minimum atomic E-state index is -0.263. The van der Waals surface area contributed by atoms with Gasteiger partial charge < -0.3 is 14.8 Å². The third-order valence-electron chi connectivity index (χ3n) is 4.25. The summed E-state index contributed by atoms with van der Waals surface area (Å²) in [5, 5.41) is 12.2. The van der Waals surface area contributed by atoms with E-state index < -0.39 is 0 Å². The molecular formula is C17H22FN5OS. The first-order valence-corrected chi connectivity index (χ1v) is 9.40. The van der Waals surface area contributed by atoms with Crippen LogP contribution < -0.4 is 5.32 Å². The molecule has 2 heterocycles. The molecule has 0 spiro atoms. The van der Waals surface area contributed by atoms with Gasteiger partial charge in [0.15, 0.2) is 11.0 Å². The van der Waals surface area contributed by atoms with Crippen molar-refractivity contribution in [2.45, 2.75) is 31.0 Å². The first kappa shape index (κ1) is 17.7. The van der Waals surface area contributed by atoms with Crippen LogP contribution in [0.3, 0.4) is 0 Å². The fraction of sp³-hybridized carbons (Fsp3) is 0.471. The van der Waals surface area contributed by atoms with Gasteiger partial charge >= 0.3 is 0 Å². The largest absolute Gasteiger partial charge is 0.378 e. The highest BCUT2D eigenvalue weighted by molar-refractivity contribution is 7.99. The van der Waals surface area contributed by atoms with Crippen molar-refractivity contribution in [1.29, 1.82) is 0 Å². The Bertz CT molecular complexity index is 712. The van der Waals surface area contributed by atoms with E-state index in [1.54, 1.807) is 12.1 Å². The lowest BCUT2D eigenvalue weighted by molar-refractivity contribution is -0.129. The Balaban J connectivity index is 1.51. The molecule has 0 radical (unpaired) electrons. The van der Waals surface area contributed by atoms with Gasteiger partial charge in [0.2, 0.25) is 5.91 Å². The zero-order chi connectivity index (χ0) is 17.6. The summed E-state index contributed by atoms with van der Waals surface area (Å²) in [5.74, 6) is 1.05. The minimum absolute atomic E-state index is 0.165. The van der Waals surface area contributed by atoms with Gasteiger partial charge in [-0.25, -0.2) is 4.39 Å². The molecule has 1 aliphatic heterocycles. The SMILES string of the molecule is Cn1c(CNc2ccc(F)cc2)nnc1SCC(=O)N1CCCCC1. The van der Waals surface area contributed by atoms with Crippen LogP contribution in [0.15, 0.2) is 29.4 Å². The van der Waals surface area contributed by atoms with Crippen LogP contribution in [0.2, 0.25) is 0 Å². The molecule has 0 unspecified atom stereocenters. The fourth-order valence-corrected chi connectivity index (χ4v) is 3.57.